The molecule has 150 valence electrons. The quantitative estimate of drug-likeness (QED) is 0.560. The number of pyridine rings is 1. The number of nitrogens with zero attached hydrogens (tertiary/aromatic N) is 3. The molecule has 0 saturated heterocycles. The fourth-order valence-electron chi connectivity index (χ4n) is 4.16. The second-order valence-electron chi connectivity index (χ2n) is 7.42. The standard InChI is InChI=1S/C19H22F3N5O/c20-19(21,22)12-25-16(28)9-18(5-1-2-6-18)27-11-13(10-26-27)14-3-7-23-17-15(14)4-8-24-17/h3-4,7-8,10-11,16,25,28H,1-2,5-6,9,12H2,(H,23,24). The number of H-pyrrole nitrogens is 1. The van der Waals surface area contributed by atoms with Gasteiger partial charge in [0.15, 0.2) is 0 Å². The molecule has 3 aromatic rings. The van der Waals surface area contributed by atoms with Gasteiger partial charge in [0.2, 0.25) is 0 Å². The molecule has 1 atom stereocenters. The van der Waals surface area contributed by atoms with E-state index < -0.39 is 24.5 Å². The number of alkyl halides is 3. The maximum atomic E-state index is 12.4. The van der Waals surface area contributed by atoms with E-state index in [4.69, 9.17) is 0 Å². The lowest BCUT2D eigenvalue weighted by molar-refractivity contribution is -0.132. The molecule has 1 saturated carbocycles. The van der Waals surface area contributed by atoms with Gasteiger partial charge in [-0.3, -0.25) is 10.00 Å². The normalized spacial score (nSPS) is 18.0. The van der Waals surface area contributed by atoms with E-state index in [1.165, 1.54) is 0 Å². The minimum atomic E-state index is -4.36. The van der Waals surface area contributed by atoms with Gasteiger partial charge >= 0.3 is 6.18 Å². The summed E-state index contributed by atoms with van der Waals surface area (Å²) in [5.74, 6) is 0. The molecule has 1 unspecified atom stereocenters. The van der Waals surface area contributed by atoms with Crippen molar-refractivity contribution >= 4 is 11.0 Å². The van der Waals surface area contributed by atoms with Crippen LogP contribution in [0.1, 0.15) is 32.1 Å². The van der Waals surface area contributed by atoms with Gasteiger partial charge in [0, 0.05) is 36.0 Å². The summed E-state index contributed by atoms with van der Waals surface area (Å²) in [5, 5.41) is 17.9. The molecular weight excluding hydrogens is 371 g/mol. The van der Waals surface area contributed by atoms with Crippen molar-refractivity contribution in [2.45, 2.75) is 50.0 Å². The molecule has 0 radical (unpaired) electrons. The van der Waals surface area contributed by atoms with Crippen LogP contribution >= 0.6 is 0 Å². The molecule has 0 aromatic carbocycles. The highest BCUT2D eigenvalue weighted by atomic mass is 19.4. The van der Waals surface area contributed by atoms with Gasteiger partial charge in [0.1, 0.15) is 11.9 Å². The fraction of sp³-hybridized carbons (Fsp3) is 0.474. The van der Waals surface area contributed by atoms with E-state index >= 15 is 0 Å². The van der Waals surface area contributed by atoms with Gasteiger partial charge in [0.25, 0.3) is 0 Å². The van der Waals surface area contributed by atoms with E-state index in [1.54, 1.807) is 12.4 Å². The average molecular weight is 393 g/mol. The topological polar surface area (TPSA) is 78.8 Å². The van der Waals surface area contributed by atoms with Crippen LogP contribution in [0.3, 0.4) is 0 Å². The highest BCUT2D eigenvalue weighted by Crippen LogP contribution is 2.41. The zero-order valence-corrected chi connectivity index (χ0v) is 15.2. The van der Waals surface area contributed by atoms with Crippen molar-refractivity contribution < 1.29 is 18.3 Å². The number of aliphatic hydroxyl groups is 1. The Bertz CT molecular complexity index is 942. The molecule has 1 fully saturated rings. The van der Waals surface area contributed by atoms with E-state index in [-0.39, 0.29) is 6.42 Å². The Labute approximate surface area is 159 Å². The number of fused-ring (bicyclic) bond motifs is 1. The first-order valence-electron chi connectivity index (χ1n) is 9.32. The van der Waals surface area contributed by atoms with Gasteiger partial charge in [0.05, 0.1) is 18.3 Å². The van der Waals surface area contributed by atoms with Crippen LogP contribution in [0, 0.1) is 0 Å². The Kier molecular flexibility index (Phi) is 4.88. The number of aromatic amines is 1. The third-order valence-electron chi connectivity index (χ3n) is 5.49. The van der Waals surface area contributed by atoms with Crippen molar-refractivity contribution in [2.75, 3.05) is 6.54 Å². The minimum Gasteiger partial charge on any atom is -0.379 e. The van der Waals surface area contributed by atoms with Gasteiger partial charge < -0.3 is 10.1 Å². The number of aromatic nitrogens is 4. The van der Waals surface area contributed by atoms with E-state index in [9.17, 15) is 18.3 Å². The number of halogens is 3. The van der Waals surface area contributed by atoms with Gasteiger partial charge in [-0.25, -0.2) is 4.98 Å². The summed E-state index contributed by atoms with van der Waals surface area (Å²) < 4.78 is 39.1. The Hall–Kier alpha value is -2.39. The summed E-state index contributed by atoms with van der Waals surface area (Å²) >= 11 is 0. The van der Waals surface area contributed by atoms with Crippen molar-refractivity contribution in [1.29, 1.82) is 0 Å². The van der Waals surface area contributed by atoms with E-state index in [0.717, 1.165) is 47.8 Å². The minimum absolute atomic E-state index is 0.181. The maximum absolute atomic E-state index is 12.4. The Morgan fingerprint density at radius 3 is 2.82 bits per heavy atom. The van der Waals surface area contributed by atoms with Gasteiger partial charge in [-0.1, -0.05) is 12.8 Å². The molecule has 1 aliphatic carbocycles. The van der Waals surface area contributed by atoms with Crippen LogP contribution in [0.2, 0.25) is 0 Å². The zero-order valence-electron chi connectivity index (χ0n) is 15.2. The molecule has 3 N–H and O–H groups in total. The Morgan fingerprint density at radius 1 is 1.29 bits per heavy atom. The van der Waals surface area contributed by atoms with Crippen molar-refractivity contribution in [1.82, 2.24) is 25.1 Å². The molecule has 3 heterocycles. The van der Waals surface area contributed by atoms with Crippen LogP contribution in [-0.2, 0) is 5.54 Å². The van der Waals surface area contributed by atoms with Crippen LogP contribution in [0.15, 0.2) is 36.9 Å². The summed E-state index contributed by atoms with van der Waals surface area (Å²) in [6, 6.07) is 3.86. The van der Waals surface area contributed by atoms with Crippen LogP contribution in [0.25, 0.3) is 22.2 Å². The van der Waals surface area contributed by atoms with Crippen LogP contribution in [0.5, 0.6) is 0 Å². The number of hydrogen-bond acceptors (Lipinski definition) is 4. The third kappa shape index (κ3) is 3.77. The van der Waals surface area contributed by atoms with E-state index in [1.807, 2.05) is 29.2 Å². The van der Waals surface area contributed by atoms with Crippen molar-refractivity contribution in [2.24, 2.45) is 0 Å². The second kappa shape index (κ2) is 7.21. The van der Waals surface area contributed by atoms with Crippen molar-refractivity contribution in [3.05, 3.63) is 36.9 Å². The second-order valence-corrected chi connectivity index (χ2v) is 7.42. The number of aliphatic hydroxyl groups excluding tert-OH is 1. The predicted molar refractivity (Wildman–Crippen MR) is 98.4 cm³/mol. The smallest absolute Gasteiger partial charge is 0.379 e. The van der Waals surface area contributed by atoms with Crippen LogP contribution in [-0.4, -0.2) is 43.8 Å². The Balaban J connectivity index is 1.58. The lowest BCUT2D eigenvalue weighted by Crippen LogP contribution is -2.43. The van der Waals surface area contributed by atoms with Gasteiger partial charge in [-0.2, -0.15) is 18.3 Å². The summed E-state index contributed by atoms with van der Waals surface area (Å²) in [7, 11) is 0. The first kappa shape index (κ1) is 18.9. The van der Waals surface area contributed by atoms with Crippen molar-refractivity contribution in [3.63, 3.8) is 0 Å². The Morgan fingerprint density at radius 2 is 2.07 bits per heavy atom. The zero-order chi connectivity index (χ0) is 19.8. The highest BCUT2D eigenvalue weighted by molar-refractivity contribution is 5.92. The molecule has 0 aliphatic heterocycles. The SMILES string of the molecule is OC(CC1(n2cc(-c3ccnc4[nH]ccc34)cn2)CCCC1)NCC(F)(F)F. The lowest BCUT2D eigenvalue weighted by atomic mass is 9.92. The van der Waals surface area contributed by atoms with Crippen molar-refractivity contribution in [3.8, 4) is 11.1 Å². The molecule has 3 aromatic heterocycles. The number of hydrogen-bond donors (Lipinski definition) is 3. The molecule has 1 aliphatic rings. The van der Waals surface area contributed by atoms with Gasteiger partial charge in [-0.15, -0.1) is 0 Å². The number of nitrogens with one attached hydrogen (secondary N) is 2. The van der Waals surface area contributed by atoms with Crippen LogP contribution < -0.4 is 5.32 Å². The molecule has 0 spiro atoms. The molecule has 6 nitrogen and oxygen atoms in total. The number of rotatable bonds is 6. The summed E-state index contributed by atoms with van der Waals surface area (Å²) in [6.07, 6.45) is 5.27. The first-order chi connectivity index (χ1) is 13.4. The summed E-state index contributed by atoms with van der Waals surface area (Å²) in [5.41, 5.74) is 2.20. The molecule has 0 bridgehead atoms. The molecule has 4 rings (SSSR count). The predicted octanol–water partition coefficient (Wildman–Crippen LogP) is 3.56. The molecule has 9 heteroatoms. The lowest BCUT2D eigenvalue weighted by Gasteiger charge is -2.32. The monoisotopic (exact) mass is 393 g/mol. The van der Waals surface area contributed by atoms with E-state index in [0.29, 0.717) is 0 Å². The largest absolute Gasteiger partial charge is 0.401 e. The van der Waals surface area contributed by atoms with Gasteiger partial charge in [-0.05, 0) is 30.5 Å². The third-order valence-corrected chi connectivity index (χ3v) is 5.49. The molecule has 0 amide bonds. The molecular formula is C19H22F3N5O. The summed E-state index contributed by atoms with van der Waals surface area (Å²) in [4.78, 5) is 7.37. The molecule has 28 heavy (non-hydrogen) atoms. The average Bonchev–Trinajstić information content (AvgIpc) is 3.39. The maximum Gasteiger partial charge on any atom is 0.401 e. The first-order valence-corrected chi connectivity index (χ1v) is 9.32. The fourth-order valence-corrected chi connectivity index (χ4v) is 4.16. The highest BCUT2D eigenvalue weighted by Gasteiger charge is 2.39. The van der Waals surface area contributed by atoms with Crippen LogP contribution in [0.4, 0.5) is 13.2 Å². The van der Waals surface area contributed by atoms with E-state index in [2.05, 4.69) is 20.4 Å². The summed E-state index contributed by atoms with van der Waals surface area (Å²) in [6.45, 7) is -1.21.